The normalized spacial score (nSPS) is 11.8. The van der Waals surface area contributed by atoms with Crippen LogP contribution in [0.3, 0.4) is 0 Å². The molecule has 2 N–H and O–H groups in total. The van der Waals surface area contributed by atoms with Gasteiger partial charge in [-0.05, 0) is 63.3 Å². The lowest BCUT2D eigenvalue weighted by Crippen LogP contribution is -2.18. The van der Waals surface area contributed by atoms with Crippen LogP contribution in [0.5, 0.6) is 0 Å². The van der Waals surface area contributed by atoms with Gasteiger partial charge in [0.25, 0.3) is 15.9 Å². The molecule has 0 bridgehead atoms. The summed E-state index contributed by atoms with van der Waals surface area (Å²) in [5.41, 5.74) is 4.22. The van der Waals surface area contributed by atoms with Crippen molar-refractivity contribution in [2.45, 2.75) is 4.21 Å². The maximum absolute atomic E-state index is 12.6. The van der Waals surface area contributed by atoms with Gasteiger partial charge in [0.05, 0.1) is 6.21 Å². The average Bonchev–Trinajstić information content (AvgIpc) is 3.40. The zero-order valence-corrected chi connectivity index (χ0v) is 19.4. The second-order valence-corrected chi connectivity index (χ2v) is 10.4. The monoisotopic (exact) mass is 485 g/mol. The van der Waals surface area contributed by atoms with E-state index < -0.39 is 15.9 Å². The van der Waals surface area contributed by atoms with E-state index in [1.807, 2.05) is 48.5 Å². The Balaban J connectivity index is 1.34. The van der Waals surface area contributed by atoms with Crippen molar-refractivity contribution < 1.29 is 13.2 Å². The van der Waals surface area contributed by atoms with Crippen LogP contribution >= 0.6 is 11.3 Å². The number of benzene rings is 4. The van der Waals surface area contributed by atoms with Gasteiger partial charge >= 0.3 is 0 Å². The first-order chi connectivity index (χ1) is 16.5. The summed E-state index contributed by atoms with van der Waals surface area (Å²) in [6.45, 7) is 0. The van der Waals surface area contributed by atoms with Gasteiger partial charge in [0.1, 0.15) is 4.21 Å². The average molecular weight is 486 g/mol. The van der Waals surface area contributed by atoms with Gasteiger partial charge in [0, 0.05) is 16.8 Å². The maximum Gasteiger partial charge on any atom is 0.271 e. The van der Waals surface area contributed by atoms with Crippen molar-refractivity contribution in [1.82, 2.24) is 5.43 Å². The summed E-state index contributed by atoms with van der Waals surface area (Å²) in [4.78, 5) is 12.6. The predicted octanol–water partition coefficient (Wildman–Crippen LogP) is 5.62. The van der Waals surface area contributed by atoms with Crippen LogP contribution in [-0.4, -0.2) is 20.5 Å². The number of hydrogen-bond donors (Lipinski definition) is 2. The molecule has 168 valence electrons. The van der Waals surface area contributed by atoms with Gasteiger partial charge < -0.3 is 0 Å². The van der Waals surface area contributed by atoms with E-state index in [0.717, 1.165) is 38.4 Å². The third-order valence-corrected chi connectivity index (χ3v) is 8.11. The molecule has 0 aliphatic carbocycles. The van der Waals surface area contributed by atoms with E-state index in [0.29, 0.717) is 11.3 Å². The molecule has 0 fully saturated rings. The van der Waals surface area contributed by atoms with Crippen LogP contribution in [0.1, 0.15) is 15.9 Å². The fourth-order valence-electron chi connectivity index (χ4n) is 3.72. The highest BCUT2D eigenvalue weighted by molar-refractivity contribution is 7.94. The Morgan fingerprint density at radius 1 is 0.824 bits per heavy atom. The Labute approximate surface area is 200 Å². The van der Waals surface area contributed by atoms with Gasteiger partial charge in [-0.3, -0.25) is 9.52 Å². The number of fused-ring (bicyclic) bond motifs is 2. The quantitative estimate of drug-likeness (QED) is 0.186. The molecule has 4 aromatic carbocycles. The largest absolute Gasteiger partial charge is 0.279 e. The van der Waals surface area contributed by atoms with Crippen molar-refractivity contribution in [3.8, 4) is 0 Å². The highest BCUT2D eigenvalue weighted by Crippen LogP contribution is 2.27. The molecule has 0 radical (unpaired) electrons. The standard InChI is InChI=1S/C26H19N3O3S2/c30-26(18-11-13-21(14-12-18)29-34(31,32)25-10-5-15-33-25)28-27-17-24-22-8-3-1-6-19(22)16-20-7-2-4-9-23(20)24/h1-17,29H,(H,28,30). The van der Waals surface area contributed by atoms with E-state index in [1.165, 1.54) is 6.07 Å². The van der Waals surface area contributed by atoms with E-state index >= 15 is 0 Å². The molecule has 8 heteroatoms. The van der Waals surface area contributed by atoms with Crippen molar-refractivity contribution in [3.63, 3.8) is 0 Å². The first-order valence-electron chi connectivity index (χ1n) is 10.4. The molecule has 0 spiro atoms. The number of carbonyl (C=O) groups excluding carboxylic acids is 1. The number of nitrogens with one attached hydrogen (secondary N) is 2. The van der Waals surface area contributed by atoms with Crippen LogP contribution < -0.4 is 10.1 Å². The number of thiophene rings is 1. The van der Waals surface area contributed by atoms with Crippen molar-refractivity contribution in [3.05, 3.63) is 108 Å². The van der Waals surface area contributed by atoms with Gasteiger partial charge in [0.15, 0.2) is 0 Å². The van der Waals surface area contributed by atoms with Crippen LogP contribution in [0.15, 0.2) is 106 Å². The summed E-state index contributed by atoms with van der Waals surface area (Å²) in [5.74, 6) is -0.395. The Bertz CT molecular complexity index is 1570. The molecule has 6 nitrogen and oxygen atoms in total. The molecule has 34 heavy (non-hydrogen) atoms. The maximum atomic E-state index is 12.6. The van der Waals surface area contributed by atoms with Crippen LogP contribution in [0.2, 0.25) is 0 Å². The van der Waals surface area contributed by atoms with Crippen LogP contribution in [-0.2, 0) is 10.0 Å². The number of carbonyl (C=O) groups is 1. The molecule has 1 heterocycles. The van der Waals surface area contributed by atoms with Gasteiger partial charge in [0.2, 0.25) is 0 Å². The number of hydrazone groups is 1. The highest BCUT2D eigenvalue weighted by atomic mass is 32.2. The van der Waals surface area contributed by atoms with E-state index in [1.54, 1.807) is 41.9 Å². The highest BCUT2D eigenvalue weighted by Gasteiger charge is 2.15. The summed E-state index contributed by atoms with van der Waals surface area (Å²) in [6.07, 6.45) is 1.66. The van der Waals surface area contributed by atoms with Crippen LogP contribution in [0, 0.1) is 0 Å². The third-order valence-electron chi connectivity index (χ3n) is 5.33. The molecule has 5 aromatic rings. The lowest BCUT2D eigenvalue weighted by atomic mass is 9.97. The summed E-state index contributed by atoms with van der Waals surface area (Å²) in [7, 11) is -3.64. The number of sulfonamides is 1. The number of nitrogens with zero attached hydrogens (tertiary/aromatic N) is 1. The first kappa shape index (κ1) is 21.8. The van der Waals surface area contributed by atoms with Crippen LogP contribution in [0.4, 0.5) is 5.69 Å². The van der Waals surface area contributed by atoms with Crippen LogP contribution in [0.25, 0.3) is 21.5 Å². The molecule has 0 atom stereocenters. The summed E-state index contributed by atoms with van der Waals surface area (Å²) in [5, 5.41) is 10.2. The smallest absolute Gasteiger partial charge is 0.271 e. The lowest BCUT2D eigenvalue weighted by Gasteiger charge is -2.08. The molecular formula is C26H19N3O3S2. The topological polar surface area (TPSA) is 87.6 Å². The Morgan fingerprint density at radius 3 is 2.09 bits per heavy atom. The molecule has 1 amide bonds. The second-order valence-electron chi connectivity index (χ2n) is 7.55. The van der Waals surface area contributed by atoms with E-state index in [2.05, 4.69) is 21.3 Å². The van der Waals surface area contributed by atoms with Crippen molar-refractivity contribution in [2.24, 2.45) is 5.10 Å². The minimum atomic E-state index is -3.64. The number of anilines is 1. The molecule has 0 saturated heterocycles. The van der Waals surface area contributed by atoms with E-state index in [-0.39, 0.29) is 4.21 Å². The Hall–Kier alpha value is -4.01. The van der Waals surface area contributed by atoms with Crippen molar-refractivity contribution in [2.75, 3.05) is 4.72 Å². The zero-order valence-electron chi connectivity index (χ0n) is 17.8. The number of rotatable bonds is 6. The van der Waals surface area contributed by atoms with Crippen molar-refractivity contribution in [1.29, 1.82) is 0 Å². The summed E-state index contributed by atoms with van der Waals surface area (Å²) < 4.78 is 27.4. The molecule has 0 saturated carbocycles. The molecule has 1 aromatic heterocycles. The summed E-state index contributed by atoms with van der Waals surface area (Å²) >= 11 is 1.14. The van der Waals surface area contributed by atoms with E-state index in [9.17, 15) is 13.2 Å². The third kappa shape index (κ3) is 4.41. The van der Waals surface area contributed by atoms with Gasteiger partial charge in [-0.15, -0.1) is 11.3 Å². The Morgan fingerprint density at radius 2 is 1.47 bits per heavy atom. The van der Waals surface area contributed by atoms with Gasteiger partial charge in [-0.1, -0.05) is 54.6 Å². The molecule has 0 aliphatic heterocycles. The molecule has 5 rings (SSSR count). The fraction of sp³-hybridized carbons (Fsp3) is 0. The predicted molar refractivity (Wildman–Crippen MR) is 138 cm³/mol. The lowest BCUT2D eigenvalue weighted by molar-refractivity contribution is 0.0955. The fourth-order valence-corrected chi connectivity index (χ4v) is 5.77. The summed E-state index contributed by atoms with van der Waals surface area (Å²) in [6, 6.07) is 27.6. The Kier molecular flexibility index (Phi) is 5.83. The van der Waals surface area contributed by atoms with Gasteiger partial charge in [-0.2, -0.15) is 5.10 Å². The number of amides is 1. The molecule has 0 unspecified atom stereocenters. The second kappa shape index (κ2) is 9.09. The number of hydrogen-bond acceptors (Lipinski definition) is 5. The minimum Gasteiger partial charge on any atom is -0.279 e. The molecular weight excluding hydrogens is 466 g/mol. The molecule has 0 aliphatic rings. The van der Waals surface area contributed by atoms with Gasteiger partial charge in [-0.25, -0.2) is 13.8 Å². The zero-order chi connectivity index (χ0) is 23.5. The first-order valence-corrected chi connectivity index (χ1v) is 12.8. The minimum absolute atomic E-state index is 0.226. The van der Waals surface area contributed by atoms with Crippen molar-refractivity contribution >= 4 is 60.7 Å². The van der Waals surface area contributed by atoms with E-state index in [4.69, 9.17) is 0 Å². The SMILES string of the molecule is O=C(NN=Cc1c2ccccc2cc2ccccc12)c1ccc(NS(=O)(=O)c2cccs2)cc1.